The molecule has 1 aliphatic rings. The molecule has 0 aromatic heterocycles. The molecule has 0 aliphatic heterocycles. The minimum absolute atomic E-state index is 0.161. The highest BCUT2D eigenvalue weighted by Crippen LogP contribution is 2.57. The highest BCUT2D eigenvalue weighted by molar-refractivity contribution is 5.89. The van der Waals surface area contributed by atoms with E-state index in [0.29, 0.717) is 0 Å². The van der Waals surface area contributed by atoms with Crippen molar-refractivity contribution in [2.45, 2.75) is 13.8 Å². The van der Waals surface area contributed by atoms with Crippen LogP contribution >= 0.6 is 0 Å². The zero-order valence-electron chi connectivity index (χ0n) is 9.40. The van der Waals surface area contributed by atoms with Crippen LogP contribution in [0.1, 0.15) is 13.8 Å². The number of carbonyl (C=O) groups is 2. The molecule has 5 heteroatoms. The second-order valence-electron chi connectivity index (χ2n) is 4.20. The molecule has 0 N–H and O–H groups in total. The molecule has 1 fully saturated rings. The van der Waals surface area contributed by atoms with Gasteiger partial charge in [0.2, 0.25) is 0 Å². The van der Waals surface area contributed by atoms with Crippen molar-refractivity contribution in [3.05, 3.63) is 0 Å². The molecule has 0 aromatic rings. The molecule has 2 atom stereocenters. The van der Waals surface area contributed by atoms with E-state index >= 15 is 0 Å². The van der Waals surface area contributed by atoms with Gasteiger partial charge in [-0.25, -0.2) is 4.79 Å². The van der Waals surface area contributed by atoms with Crippen molar-refractivity contribution in [1.29, 1.82) is 0 Å². The molecular formula is C11H13O5-. The fraction of sp³-hybridized carbons (Fsp3) is 0.636. The molecular weight excluding hydrogens is 212 g/mol. The lowest BCUT2D eigenvalue weighted by Crippen LogP contribution is -2.26. The van der Waals surface area contributed by atoms with Gasteiger partial charge in [-0.1, -0.05) is 19.8 Å². The van der Waals surface area contributed by atoms with E-state index in [1.807, 2.05) is 0 Å². The molecule has 2 unspecified atom stereocenters. The first-order chi connectivity index (χ1) is 7.41. The molecule has 1 rings (SSSR count). The Morgan fingerprint density at radius 1 is 1.44 bits per heavy atom. The molecule has 5 nitrogen and oxygen atoms in total. The summed E-state index contributed by atoms with van der Waals surface area (Å²) in [6.45, 7) is 3.38. The van der Waals surface area contributed by atoms with Crippen molar-refractivity contribution >= 4 is 11.9 Å². The molecule has 0 aromatic carbocycles. The van der Waals surface area contributed by atoms with Crippen molar-refractivity contribution in [1.82, 2.24) is 0 Å². The van der Waals surface area contributed by atoms with E-state index in [-0.39, 0.29) is 12.7 Å². The Bertz CT molecular complexity index is 360. The zero-order valence-corrected chi connectivity index (χ0v) is 9.40. The topological polar surface area (TPSA) is 75.7 Å². The average Bonchev–Trinajstić information content (AvgIpc) is 2.74. The molecule has 0 spiro atoms. The summed E-state index contributed by atoms with van der Waals surface area (Å²) in [5.41, 5.74) is -0.437. The second kappa shape index (κ2) is 4.54. The van der Waals surface area contributed by atoms with Gasteiger partial charge in [-0.05, 0) is 5.41 Å². The maximum atomic E-state index is 11.0. The summed E-state index contributed by atoms with van der Waals surface area (Å²) in [5.74, 6) is 2.00. The first-order valence-corrected chi connectivity index (χ1v) is 4.79. The van der Waals surface area contributed by atoms with Gasteiger partial charge in [0.05, 0.1) is 0 Å². The predicted octanol–water partition coefficient (Wildman–Crippen LogP) is -0.841. The summed E-state index contributed by atoms with van der Waals surface area (Å²) in [6.07, 6.45) is 0. The van der Waals surface area contributed by atoms with Crippen LogP contribution in [0.15, 0.2) is 0 Å². The highest BCUT2D eigenvalue weighted by Gasteiger charge is 2.57. The van der Waals surface area contributed by atoms with Gasteiger partial charge in [0, 0.05) is 30.8 Å². The Balaban J connectivity index is 2.54. The summed E-state index contributed by atoms with van der Waals surface area (Å²) in [7, 11) is 1.39. The van der Waals surface area contributed by atoms with E-state index in [2.05, 4.69) is 21.3 Å². The van der Waals surface area contributed by atoms with Crippen LogP contribution in [0.5, 0.6) is 0 Å². The van der Waals surface area contributed by atoms with Crippen LogP contribution in [-0.2, 0) is 19.1 Å². The number of methoxy groups -OCH3 is 1. The fourth-order valence-corrected chi connectivity index (χ4v) is 1.63. The molecule has 0 heterocycles. The molecule has 0 bridgehead atoms. The maximum Gasteiger partial charge on any atom is 0.386 e. The van der Waals surface area contributed by atoms with Crippen molar-refractivity contribution < 1.29 is 24.2 Å². The third-order valence-corrected chi connectivity index (χ3v) is 2.72. The number of carboxylic acid groups (broad SMARTS) is 1. The summed E-state index contributed by atoms with van der Waals surface area (Å²) in [5, 5.41) is 10.7. The van der Waals surface area contributed by atoms with Gasteiger partial charge in [-0.15, -0.1) is 0 Å². The molecule has 16 heavy (non-hydrogen) atoms. The summed E-state index contributed by atoms with van der Waals surface area (Å²) >= 11 is 0. The normalized spacial score (nSPS) is 25.2. The van der Waals surface area contributed by atoms with E-state index in [0.717, 1.165) is 0 Å². The largest absolute Gasteiger partial charge is 0.550 e. The van der Waals surface area contributed by atoms with Gasteiger partial charge in [0.15, 0.2) is 6.79 Å². The monoisotopic (exact) mass is 225 g/mol. The average molecular weight is 225 g/mol. The van der Waals surface area contributed by atoms with Crippen molar-refractivity contribution in [2.24, 2.45) is 17.3 Å². The number of hydrogen-bond acceptors (Lipinski definition) is 5. The molecule has 0 amide bonds. The lowest BCUT2D eigenvalue weighted by Gasteiger charge is -2.00. The van der Waals surface area contributed by atoms with Crippen LogP contribution in [0.4, 0.5) is 0 Å². The van der Waals surface area contributed by atoms with Crippen LogP contribution in [0, 0.1) is 29.1 Å². The Labute approximate surface area is 93.7 Å². The standard InChI is InChI=1S/C11H14O5/c1-11(2)7(9(11)10(13)14)4-5-8(12)16-6-15-3/h7,9H,6H2,1-3H3,(H,13,14)/p-1. The first kappa shape index (κ1) is 12.5. The number of carboxylic acids is 1. The number of aliphatic carboxylic acids is 1. The number of ether oxygens (including phenoxy) is 2. The Kier molecular flexibility index (Phi) is 3.55. The van der Waals surface area contributed by atoms with Gasteiger partial charge in [-0.3, -0.25) is 0 Å². The molecule has 0 saturated heterocycles. The van der Waals surface area contributed by atoms with Crippen LogP contribution in [0.2, 0.25) is 0 Å². The van der Waals surface area contributed by atoms with Crippen LogP contribution in [0.25, 0.3) is 0 Å². The maximum absolute atomic E-state index is 11.0. The Hall–Kier alpha value is -1.54. The summed E-state index contributed by atoms with van der Waals surface area (Å²) < 4.78 is 9.06. The Morgan fingerprint density at radius 3 is 2.50 bits per heavy atom. The van der Waals surface area contributed by atoms with E-state index in [1.165, 1.54) is 7.11 Å². The van der Waals surface area contributed by atoms with Crippen molar-refractivity contribution in [3.63, 3.8) is 0 Å². The third kappa shape index (κ3) is 2.52. The summed E-state index contributed by atoms with van der Waals surface area (Å²) in [6, 6.07) is 0. The lowest BCUT2D eigenvalue weighted by molar-refractivity contribution is -0.308. The number of hydrogen-bond donors (Lipinski definition) is 0. The molecule has 0 radical (unpaired) electrons. The van der Waals surface area contributed by atoms with E-state index in [1.54, 1.807) is 13.8 Å². The predicted molar refractivity (Wildman–Crippen MR) is 51.5 cm³/mol. The molecule has 1 saturated carbocycles. The van der Waals surface area contributed by atoms with Crippen LogP contribution < -0.4 is 5.11 Å². The lowest BCUT2D eigenvalue weighted by atomic mass is 10.1. The Morgan fingerprint density at radius 2 is 2.06 bits per heavy atom. The first-order valence-electron chi connectivity index (χ1n) is 4.79. The van der Waals surface area contributed by atoms with Gasteiger partial charge < -0.3 is 19.4 Å². The number of esters is 1. The van der Waals surface area contributed by atoms with Gasteiger partial charge in [0.1, 0.15) is 0 Å². The van der Waals surface area contributed by atoms with Gasteiger partial charge in [0.25, 0.3) is 0 Å². The fourth-order valence-electron chi connectivity index (χ4n) is 1.63. The zero-order chi connectivity index (χ0) is 12.3. The van der Waals surface area contributed by atoms with Crippen molar-refractivity contribution in [3.8, 4) is 11.8 Å². The van der Waals surface area contributed by atoms with Crippen LogP contribution in [-0.4, -0.2) is 25.8 Å². The minimum atomic E-state index is -1.13. The number of rotatable bonds is 3. The van der Waals surface area contributed by atoms with E-state index < -0.39 is 23.3 Å². The summed E-state index contributed by atoms with van der Waals surface area (Å²) in [4.78, 5) is 21.7. The van der Waals surface area contributed by atoms with E-state index in [4.69, 9.17) is 0 Å². The number of carbonyl (C=O) groups excluding carboxylic acids is 2. The van der Waals surface area contributed by atoms with Gasteiger partial charge >= 0.3 is 5.97 Å². The second-order valence-corrected chi connectivity index (χ2v) is 4.20. The quantitative estimate of drug-likeness (QED) is 0.271. The third-order valence-electron chi connectivity index (χ3n) is 2.72. The van der Waals surface area contributed by atoms with Crippen molar-refractivity contribution in [2.75, 3.05) is 13.9 Å². The highest BCUT2D eigenvalue weighted by atomic mass is 16.7. The minimum Gasteiger partial charge on any atom is -0.550 e. The smallest absolute Gasteiger partial charge is 0.386 e. The molecule has 88 valence electrons. The SMILES string of the molecule is COCOC(=O)C#CC1C(C(=O)[O-])C1(C)C. The molecule has 1 aliphatic carbocycles. The van der Waals surface area contributed by atoms with E-state index in [9.17, 15) is 14.7 Å². The van der Waals surface area contributed by atoms with Gasteiger partial charge in [-0.2, -0.15) is 0 Å². The van der Waals surface area contributed by atoms with Crippen LogP contribution in [0.3, 0.4) is 0 Å².